The van der Waals surface area contributed by atoms with Crippen molar-refractivity contribution in [3.63, 3.8) is 0 Å². The molecular weight excluding hydrogens is 322 g/mol. The first-order valence-corrected chi connectivity index (χ1v) is 7.76. The molecule has 0 aliphatic rings. The summed E-state index contributed by atoms with van der Waals surface area (Å²) in [5.41, 5.74) is 0.628. The minimum absolute atomic E-state index is 0.0400. The van der Waals surface area contributed by atoms with Gasteiger partial charge in [0.05, 0.1) is 12.8 Å². The molecular formula is C18H17N3O4. The van der Waals surface area contributed by atoms with Gasteiger partial charge in [-0.2, -0.15) is 0 Å². The predicted molar refractivity (Wildman–Crippen MR) is 90.2 cm³/mol. The number of furan rings is 1. The molecule has 1 N–H and O–H groups in total. The van der Waals surface area contributed by atoms with Crippen molar-refractivity contribution in [3.8, 4) is 23.1 Å². The van der Waals surface area contributed by atoms with Crippen LogP contribution in [0.3, 0.4) is 0 Å². The van der Waals surface area contributed by atoms with E-state index >= 15 is 0 Å². The molecule has 0 aliphatic heterocycles. The minimum atomic E-state index is -0.216. The van der Waals surface area contributed by atoms with Crippen molar-refractivity contribution in [2.75, 3.05) is 19.8 Å². The van der Waals surface area contributed by atoms with Crippen LogP contribution >= 0.6 is 0 Å². The number of aromatic nitrogens is 2. The number of para-hydroxylation sites is 1. The first-order valence-electron chi connectivity index (χ1n) is 7.76. The Balaban J connectivity index is 1.35. The number of hydrogen-bond acceptors (Lipinski definition) is 6. The molecule has 0 radical (unpaired) electrons. The number of ether oxygens (including phenoxy) is 2. The van der Waals surface area contributed by atoms with Gasteiger partial charge in [0.1, 0.15) is 18.1 Å². The first-order chi connectivity index (χ1) is 12.3. The minimum Gasteiger partial charge on any atom is -0.484 e. The van der Waals surface area contributed by atoms with E-state index in [1.807, 2.05) is 18.2 Å². The summed E-state index contributed by atoms with van der Waals surface area (Å²) >= 11 is 0. The normalized spacial score (nSPS) is 10.2. The number of carbonyl (C=O) groups is 1. The number of carbonyl (C=O) groups excluding carboxylic acids is 1. The van der Waals surface area contributed by atoms with E-state index in [9.17, 15) is 4.79 Å². The number of nitrogens with zero attached hydrogens (tertiary/aromatic N) is 2. The SMILES string of the molecule is O=C(COc1ccccc1)NCCOc1ccc(-c2ccco2)nn1. The monoisotopic (exact) mass is 339 g/mol. The molecule has 128 valence electrons. The molecule has 0 unspecified atom stereocenters. The highest BCUT2D eigenvalue weighted by molar-refractivity contribution is 5.77. The van der Waals surface area contributed by atoms with Gasteiger partial charge >= 0.3 is 0 Å². The molecule has 1 aromatic carbocycles. The largest absolute Gasteiger partial charge is 0.484 e. The Bertz CT molecular complexity index is 774. The van der Waals surface area contributed by atoms with Gasteiger partial charge in [0, 0.05) is 6.07 Å². The van der Waals surface area contributed by atoms with Crippen LogP contribution in [0.4, 0.5) is 0 Å². The molecule has 0 fully saturated rings. The standard InChI is InChI=1S/C18H17N3O4/c22-17(13-25-14-5-2-1-3-6-14)19-10-12-24-18-9-8-15(20-21-18)16-7-4-11-23-16/h1-9,11H,10,12-13H2,(H,19,22). The van der Waals surface area contributed by atoms with Crippen LogP contribution in [0.1, 0.15) is 0 Å². The van der Waals surface area contributed by atoms with Crippen molar-refractivity contribution in [2.45, 2.75) is 0 Å². The lowest BCUT2D eigenvalue weighted by Gasteiger charge is -2.08. The third-order valence-corrected chi connectivity index (χ3v) is 3.20. The second kappa shape index (κ2) is 8.49. The summed E-state index contributed by atoms with van der Waals surface area (Å²) in [5.74, 6) is 1.46. The summed E-state index contributed by atoms with van der Waals surface area (Å²) < 4.78 is 16.0. The fourth-order valence-electron chi connectivity index (χ4n) is 2.02. The van der Waals surface area contributed by atoms with Gasteiger partial charge in [0.15, 0.2) is 12.4 Å². The van der Waals surface area contributed by atoms with Gasteiger partial charge in [-0.1, -0.05) is 18.2 Å². The van der Waals surface area contributed by atoms with Crippen molar-refractivity contribution in [1.29, 1.82) is 0 Å². The van der Waals surface area contributed by atoms with Gasteiger partial charge < -0.3 is 19.2 Å². The van der Waals surface area contributed by atoms with Crippen LogP contribution in [0.15, 0.2) is 65.3 Å². The summed E-state index contributed by atoms with van der Waals surface area (Å²) in [6.45, 7) is 0.589. The van der Waals surface area contributed by atoms with Crippen LogP contribution in [0.25, 0.3) is 11.5 Å². The lowest BCUT2D eigenvalue weighted by atomic mass is 10.3. The maximum absolute atomic E-state index is 11.7. The van der Waals surface area contributed by atoms with Crippen LogP contribution in [0.5, 0.6) is 11.6 Å². The van der Waals surface area contributed by atoms with Gasteiger partial charge in [-0.3, -0.25) is 4.79 Å². The molecule has 0 spiro atoms. The topological polar surface area (TPSA) is 86.5 Å². The van der Waals surface area contributed by atoms with Crippen molar-refractivity contribution < 1.29 is 18.7 Å². The Labute approximate surface area is 144 Å². The molecule has 7 heteroatoms. The molecule has 25 heavy (non-hydrogen) atoms. The van der Waals surface area contributed by atoms with E-state index in [1.165, 1.54) is 0 Å². The van der Waals surface area contributed by atoms with Gasteiger partial charge in [-0.05, 0) is 30.3 Å². The van der Waals surface area contributed by atoms with Crippen LogP contribution in [0.2, 0.25) is 0 Å². The number of rotatable bonds is 8. The molecule has 3 aromatic rings. The molecule has 0 aliphatic carbocycles. The summed E-state index contributed by atoms with van der Waals surface area (Å²) in [7, 11) is 0. The van der Waals surface area contributed by atoms with E-state index in [2.05, 4.69) is 15.5 Å². The van der Waals surface area contributed by atoms with Crippen LogP contribution < -0.4 is 14.8 Å². The predicted octanol–water partition coefficient (Wildman–Crippen LogP) is 2.31. The number of nitrogens with one attached hydrogen (secondary N) is 1. The van der Waals surface area contributed by atoms with Gasteiger partial charge in [-0.25, -0.2) is 0 Å². The zero-order valence-electron chi connectivity index (χ0n) is 13.4. The van der Waals surface area contributed by atoms with Crippen molar-refractivity contribution in [2.24, 2.45) is 0 Å². The highest BCUT2D eigenvalue weighted by atomic mass is 16.5. The smallest absolute Gasteiger partial charge is 0.258 e. The summed E-state index contributed by atoms with van der Waals surface area (Å²) in [5, 5.41) is 10.7. The quantitative estimate of drug-likeness (QED) is 0.634. The zero-order valence-corrected chi connectivity index (χ0v) is 13.4. The van der Waals surface area contributed by atoms with Crippen LogP contribution in [-0.2, 0) is 4.79 Å². The van der Waals surface area contributed by atoms with Crippen molar-refractivity contribution in [1.82, 2.24) is 15.5 Å². The van der Waals surface area contributed by atoms with E-state index < -0.39 is 0 Å². The Morgan fingerprint density at radius 2 is 1.88 bits per heavy atom. The number of hydrogen-bond donors (Lipinski definition) is 1. The molecule has 2 heterocycles. The second-order valence-electron chi connectivity index (χ2n) is 5.03. The molecule has 1 amide bonds. The molecule has 2 aromatic heterocycles. The fraction of sp³-hybridized carbons (Fsp3) is 0.167. The first kappa shape index (κ1) is 16.5. The van der Waals surface area contributed by atoms with Gasteiger partial charge in [-0.15, -0.1) is 10.2 Å². The Hall–Kier alpha value is -3.35. The lowest BCUT2D eigenvalue weighted by Crippen LogP contribution is -2.32. The highest BCUT2D eigenvalue weighted by Crippen LogP contribution is 2.17. The molecule has 7 nitrogen and oxygen atoms in total. The lowest BCUT2D eigenvalue weighted by molar-refractivity contribution is -0.123. The second-order valence-corrected chi connectivity index (χ2v) is 5.03. The van der Waals surface area contributed by atoms with E-state index in [0.717, 1.165) is 0 Å². The maximum atomic E-state index is 11.7. The van der Waals surface area contributed by atoms with E-state index in [-0.39, 0.29) is 19.1 Å². The van der Waals surface area contributed by atoms with Crippen LogP contribution in [0, 0.1) is 0 Å². The third-order valence-electron chi connectivity index (χ3n) is 3.20. The Morgan fingerprint density at radius 3 is 2.60 bits per heavy atom. The van der Waals surface area contributed by atoms with E-state index in [1.54, 1.807) is 42.7 Å². The Kier molecular flexibility index (Phi) is 5.60. The molecule has 0 atom stereocenters. The average Bonchev–Trinajstić information content (AvgIpc) is 3.20. The summed E-state index contributed by atoms with van der Waals surface area (Å²) in [6, 6.07) is 16.2. The molecule has 0 bridgehead atoms. The number of benzene rings is 1. The molecule has 0 saturated heterocycles. The van der Waals surface area contributed by atoms with Crippen molar-refractivity contribution >= 4 is 5.91 Å². The number of amides is 1. The maximum Gasteiger partial charge on any atom is 0.258 e. The molecule has 0 saturated carbocycles. The summed E-state index contributed by atoms with van der Waals surface area (Å²) in [4.78, 5) is 11.7. The third kappa shape index (κ3) is 5.07. The van der Waals surface area contributed by atoms with Crippen LogP contribution in [-0.4, -0.2) is 35.9 Å². The molecule has 3 rings (SSSR count). The van der Waals surface area contributed by atoms with E-state index in [4.69, 9.17) is 13.9 Å². The average molecular weight is 339 g/mol. The van der Waals surface area contributed by atoms with Gasteiger partial charge in [0.2, 0.25) is 5.88 Å². The van der Waals surface area contributed by atoms with Crippen molar-refractivity contribution in [3.05, 3.63) is 60.9 Å². The van der Waals surface area contributed by atoms with Gasteiger partial charge in [0.25, 0.3) is 5.91 Å². The zero-order chi connectivity index (χ0) is 17.3. The highest BCUT2D eigenvalue weighted by Gasteiger charge is 2.05. The van der Waals surface area contributed by atoms with E-state index in [0.29, 0.717) is 29.6 Å². The Morgan fingerprint density at radius 1 is 1.00 bits per heavy atom. The fourth-order valence-corrected chi connectivity index (χ4v) is 2.02. The summed E-state index contributed by atoms with van der Waals surface area (Å²) in [6.07, 6.45) is 1.58.